The summed E-state index contributed by atoms with van der Waals surface area (Å²) in [5, 5.41) is 14.5. The SMILES string of the molecule is O=C(NC1CCCCC1O)c1csc(I)c1. The molecule has 1 saturated carbocycles. The second kappa shape index (κ2) is 5.46. The average molecular weight is 351 g/mol. The minimum absolute atomic E-state index is 0.0647. The third-order valence-electron chi connectivity index (χ3n) is 2.88. The molecule has 1 aromatic rings. The number of amides is 1. The Morgan fingerprint density at radius 1 is 1.50 bits per heavy atom. The molecule has 0 aliphatic heterocycles. The summed E-state index contributed by atoms with van der Waals surface area (Å²) >= 11 is 3.76. The third kappa shape index (κ3) is 2.95. The summed E-state index contributed by atoms with van der Waals surface area (Å²) in [5.74, 6) is -0.0647. The molecular formula is C11H14INO2S. The molecule has 1 heterocycles. The second-order valence-corrected chi connectivity index (χ2v) is 6.88. The van der Waals surface area contributed by atoms with Crippen LogP contribution in [0.2, 0.25) is 0 Å². The summed E-state index contributed by atoms with van der Waals surface area (Å²) < 4.78 is 1.10. The minimum Gasteiger partial charge on any atom is -0.391 e. The van der Waals surface area contributed by atoms with Crippen molar-refractivity contribution in [3.8, 4) is 0 Å². The molecule has 3 nitrogen and oxygen atoms in total. The maximum absolute atomic E-state index is 11.9. The number of aliphatic hydroxyl groups excluding tert-OH is 1. The molecule has 1 amide bonds. The zero-order chi connectivity index (χ0) is 11.5. The van der Waals surface area contributed by atoms with Gasteiger partial charge in [-0.25, -0.2) is 0 Å². The molecule has 2 atom stereocenters. The first-order chi connectivity index (χ1) is 7.66. The van der Waals surface area contributed by atoms with Crippen molar-refractivity contribution in [3.05, 3.63) is 19.9 Å². The Bertz CT molecular complexity index is 380. The molecule has 1 aliphatic rings. The van der Waals surface area contributed by atoms with E-state index in [1.165, 1.54) is 0 Å². The van der Waals surface area contributed by atoms with Gasteiger partial charge >= 0.3 is 0 Å². The number of thiophene rings is 1. The predicted molar refractivity (Wildman–Crippen MR) is 72.8 cm³/mol. The zero-order valence-corrected chi connectivity index (χ0v) is 11.8. The van der Waals surface area contributed by atoms with Crippen molar-refractivity contribution in [1.29, 1.82) is 0 Å². The molecule has 1 aliphatic carbocycles. The van der Waals surface area contributed by atoms with Crippen LogP contribution in [0.25, 0.3) is 0 Å². The zero-order valence-electron chi connectivity index (χ0n) is 8.78. The van der Waals surface area contributed by atoms with Gasteiger partial charge in [-0.15, -0.1) is 11.3 Å². The quantitative estimate of drug-likeness (QED) is 0.804. The van der Waals surface area contributed by atoms with Crippen LogP contribution in [0, 0.1) is 2.88 Å². The summed E-state index contributed by atoms with van der Waals surface area (Å²) in [5.41, 5.74) is 0.701. The van der Waals surface area contributed by atoms with Crippen LogP contribution >= 0.6 is 33.9 Å². The van der Waals surface area contributed by atoms with Crippen LogP contribution < -0.4 is 5.32 Å². The fraction of sp³-hybridized carbons (Fsp3) is 0.545. The highest BCUT2D eigenvalue weighted by Gasteiger charge is 2.24. The van der Waals surface area contributed by atoms with Gasteiger partial charge in [-0.2, -0.15) is 0 Å². The van der Waals surface area contributed by atoms with Crippen molar-refractivity contribution in [1.82, 2.24) is 5.32 Å². The van der Waals surface area contributed by atoms with Crippen molar-refractivity contribution in [2.24, 2.45) is 0 Å². The van der Waals surface area contributed by atoms with Crippen molar-refractivity contribution in [2.75, 3.05) is 0 Å². The van der Waals surface area contributed by atoms with Crippen LogP contribution in [0.1, 0.15) is 36.0 Å². The van der Waals surface area contributed by atoms with Crippen LogP contribution in [-0.2, 0) is 0 Å². The standard InChI is InChI=1S/C11H14INO2S/c12-10-5-7(6-16-10)11(15)13-8-3-1-2-4-9(8)14/h5-6,8-9,14H,1-4H2,(H,13,15). The number of halogens is 1. The summed E-state index contributed by atoms with van der Waals surface area (Å²) in [6.07, 6.45) is 3.45. The van der Waals surface area contributed by atoms with Gasteiger partial charge in [-0.3, -0.25) is 4.79 Å². The highest BCUT2D eigenvalue weighted by atomic mass is 127. The Balaban J connectivity index is 1.96. The number of carbonyl (C=O) groups excluding carboxylic acids is 1. The molecule has 16 heavy (non-hydrogen) atoms. The maximum atomic E-state index is 11.9. The Labute approximate surface area is 112 Å². The average Bonchev–Trinajstić information content (AvgIpc) is 2.68. The van der Waals surface area contributed by atoms with E-state index in [1.807, 2.05) is 11.4 Å². The van der Waals surface area contributed by atoms with E-state index in [-0.39, 0.29) is 18.1 Å². The Hall–Kier alpha value is -0.140. The number of nitrogens with one attached hydrogen (secondary N) is 1. The fourth-order valence-electron chi connectivity index (χ4n) is 1.96. The molecule has 0 aromatic carbocycles. The monoisotopic (exact) mass is 351 g/mol. The first kappa shape index (κ1) is 12.3. The summed E-state index contributed by atoms with van der Waals surface area (Å²) in [4.78, 5) is 11.9. The molecule has 5 heteroatoms. The lowest BCUT2D eigenvalue weighted by Crippen LogP contribution is -2.44. The van der Waals surface area contributed by atoms with Gasteiger partial charge in [0.1, 0.15) is 0 Å². The first-order valence-corrected chi connectivity index (χ1v) is 7.35. The second-order valence-electron chi connectivity index (χ2n) is 4.07. The number of carbonyl (C=O) groups is 1. The van der Waals surface area contributed by atoms with Gasteiger partial charge in [-0.1, -0.05) is 12.8 Å². The van der Waals surface area contributed by atoms with Gasteiger partial charge in [0.2, 0.25) is 0 Å². The van der Waals surface area contributed by atoms with E-state index in [1.54, 1.807) is 11.3 Å². The number of hydrogen-bond donors (Lipinski definition) is 2. The van der Waals surface area contributed by atoms with Gasteiger partial charge in [0.15, 0.2) is 0 Å². The smallest absolute Gasteiger partial charge is 0.252 e. The largest absolute Gasteiger partial charge is 0.391 e. The lowest BCUT2D eigenvalue weighted by Gasteiger charge is -2.28. The van der Waals surface area contributed by atoms with Crippen molar-refractivity contribution in [2.45, 2.75) is 37.8 Å². The predicted octanol–water partition coefficient (Wildman–Crippen LogP) is 2.39. The minimum atomic E-state index is -0.379. The fourth-order valence-corrected chi connectivity index (χ4v) is 3.29. The van der Waals surface area contributed by atoms with Gasteiger partial charge < -0.3 is 10.4 Å². The molecule has 2 rings (SSSR count). The van der Waals surface area contributed by atoms with E-state index in [9.17, 15) is 9.90 Å². The van der Waals surface area contributed by atoms with Crippen molar-refractivity contribution in [3.63, 3.8) is 0 Å². The van der Waals surface area contributed by atoms with Gasteiger partial charge in [0, 0.05) is 5.38 Å². The Morgan fingerprint density at radius 3 is 2.88 bits per heavy atom. The molecule has 0 bridgehead atoms. The Kier molecular flexibility index (Phi) is 4.21. The van der Waals surface area contributed by atoms with Crippen LogP contribution in [0.4, 0.5) is 0 Å². The molecule has 0 spiro atoms. The Morgan fingerprint density at radius 2 is 2.25 bits per heavy atom. The van der Waals surface area contributed by atoms with E-state index >= 15 is 0 Å². The summed E-state index contributed by atoms with van der Waals surface area (Å²) in [7, 11) is 0. The van der Waals surface area contributed by atoms with E-state index in [0.717, 1.165) is 28.6 Å². The van der Waals surface area contributed by atoms with Crippen LogP contribution in [-0.4, -0.2) is 23.2 Å². The number of aliphatic hydroxyl groups is 1. The highest BCUT2D eigenvalue weighted by molar-refractivity contribution is 14.1. The van der Waals surface area contributed by atoms with Gasteiger partial charge in [0.25, 0.3) is 5.91 Å². The lowest BCUT2D eigenvalue weighted by molar-refractivity contribution is 0.0717. The number of hydrogen-bond acceptors (Lipinski definition) is 3. The first-order valence-electron chi connectivity index (χ1n) is 5.40. The van der Waals surface area contributed by atoms with E-state index < -0.39 is 0 Å². The molecule has 2 unspecified atom stereocenters. The maximum Gasteiger partial charge on any atom is 0.252 e. The van der Waals surface area contributed by atoms with E-state index in [2.05, 4.69) is 27.9 Å². The van der Waals surface area contributed by atoms with E-state index in [0.29, 0.717) is 5.56 Å². The van der Waals surface area contributed by atoms with Gasteiger partial charge in [-0.05, 0) is 41.5 Å². The van der Waals surface area contributed by atoms with Crippen molar-refractivity contribution >= 4 is 39.8 Å². The third-order valence-corrected chi connectivity index (χ3v) is 4.66. The topological polar surface area (TPSA) is 49.3 Å². The summed E-state index contributed by atoms with van der Waals surface area (Å²) in [6, 6.07) is 1.80. The van der Waals surface area contributed by atoms with Crippen molar-refractivity contribution < 1.29 is 9.90 Å². The number of rotatable bonds is 2. The summed E-state index contributed by atoms with van der Waals surface area (Å²) in [6.45, 7) is 0. The molecule has 1 fully saturated rings. The van der Waals surface area contributed by atoms with Gasteiger partial charge in [0.05, 0.1) is 20.6 Å². The highest BCUT2D eigenvalue weighted by Crippen LogP contribution is 2.20. The normalized spacial score (nSPS) is 25.4. The molecular weight excluding hydrogens is 337 g/mol. The van der Waals surface area contributed by atoms with E-state index in [4.69, 9.17) is 0 Å². The lowest BCUT2D eigenvalue weighted by atomic mass is 9.92. The molecule has 0 radical (unpaired) electrons. The van der Waals surface area contributed by atoms with Crippen LogP contribution in [0.5, 0.6) is 0 Å². The molecule has 88 valence electrons. The molecule has 1 aromatic heterocycles. The molecule has 0 saturated heterocycles. The molecule has 2 N–H and O–H groups in total. The van der Waals surface area contributed by atoms with Crippen LogP contribution in [0.15, 0.2) is 11.4 Å². The van der Waals surface area contributed by atoms with Crippen LogP contribution in [0.3, 0.4) is 0 Å².